The molecular formula is C20H20N4S. The molecule has 126 valence electrons. The van der Waals surface area contributed by atoms with E-state index >= 15 is 0 Å². The molecule has 5 rings (SSSR count). The van der Waals surface area contributed by atoms with Crippen LogP contribution >= 0.6 is 11.3 Å². The van der Waals surface area contributed by atoms with Gasteiger partial charge in [-0.2, -0.15) is 0 Å². The molecule has 0 fully saturated rings. The number of benzene rings is 1. The van der Waals surface area contributed by atoms with E-state index in [4.69, 9.17) is 0 Å². The third-order valence-corrected chi connectivity index (χ3v) is 6.62. The average molecular weight is 348 g/mol. The Morgan fingerprint density at radius 3 is 2.84 bits per heavy atom. The predicted molar refractivity (Wildman–Crippen MR) is 103 cm³/mol. The summed E-state index contributed by atoms with van der Waals surface area (Å²) >= 11 is 1.84. The van der Waals surface area contributed by atoms with Gasteiger partial charge in [-0.3, -0.25) is 4.57 Å². The maximum absolute atomic E-state index is 4.67. The second-order valence-corrected chi connectivity index (χ2v) is 8.35. The number of nitrogens with zero attached hydrogens (tertiary/aromatic N) is 4. The maximum Gasteiger partial charge on any atom is 0.150 e. The van der Waals surface area contributed by atoms with Crippen LogP contribution in [0.15, 0.2) is 24.8 Å². The number of thiophene rings is 1. The highest BCUT2D eigenvalue weighted by Gasteiger charge is 2.24. The van der Waals surface area contributed by atoms with Crippen molar-refractivity contribution in [1.82, 2.24) is 19.5 Å². The summed E-state index contributed by atoms with van der Waals surface area (Å²) in [6, 6.07) is 4.37. The first-order chi connectivity index (χ1) is 12.1. The molecule has 4 aromatic rings. The van der Waals surface area contributed by atoms with Crippen LogP contribution in [0, 0.1) is 19.8 Å². The maximum atomic E-state index is 4.67. The fourth-order valence-electron chi connectivity index (χ4n) is 3.87. The van der Waals surface area contributed by atoms with Crippen LogP contribution in [-0.4, -0.2) is 19.5 Å². The zero-order chi connectivity index (χ0) is 17.1. The second-order valence-electron chi connectivity index (χ2n) is 7.27. The van der Waals surface area contributed by atoms with Crippen molar-refractivity contribution in [1.29, 1.82) is 0 Å². The Balaban J connectivity index is 1.80. The number of imidazole rings is 1. The molecule has 0 saturated carbocycles. The molecule has 0 spiro atoms. The summed E-state index contributed by atoms with van der Waals surface area (Å²) in [6.45, 7) is 6.62. The molecule has 0 saturated heterocycles. The topological polar surface area (TPSA) is 43.6 Å². The number of hydrogen-bond donors (Lipinski definition) is 0. The third-order valence-electron chi connectivity index (χ3n) is 5.46. The molecule has 0 aliphatic heterocycles. The summed E-state index contributed by atoms with van der Waals surface area (Å²) in [4.78, 5) is 16.5. The summed E-state index contributed by atoms with van der Waals surface area (Å²) in [7, 11) is 0. The van der Waals surface area contributed by atoms with Crippen molar-refractivity contribution in [3.63, 3.8) is 0 Å². The van der Waals surface area contributed by atoms with Gasteiger partial charge in [0.05, 0.1) is 16.4 Å². The highest BCUT2D eigenvalue weighted by molar-refractivity contribution is 7.18. The van der Waals surface area contributed by atoms with Gasteiger partial charge in [-0.25, -0.2) is 15.0 Å². The van der Waals surface area contributed by atoms with Crippen LogP contribution in [0.1, 0.15) is 34.9 Å². The molecule has 1 aromatic carbocycles. The molecule has 1 atom stereocenters. The van der Waals surface area contributed by atoms with E-state index in [2.05, 4.69) is 52.4 Å². The Morgan fingerprint density at radius 1 is 1.12 bits per heavy atom. The van der Waals surface area contributed by atoms with Gasteiger partial charge in [0.2, 0.25) is 0 Å². The summed E-state index contributed by atoms with van der Waals surface area (Å²) in [5.41, 5.74) is 6.15. The number of aryl methyl sites for hydroxylation is 3. The molecule has 25 heavy (non-hydrogen) atoms. The molecule has 1 aliphatic rings. The van der Waals surface area contributed by atoms with E-state index in [1.54, 1.807) is 6.33 Å². The molecule has 0 bridgehead atoms. The van der Waals surface area contributed by atoms with Crippen molar-refractivity contribution in [2.24, 2.45) is 5.92 Å². The number of hydrogen-bond acceptors (Lipinski definition) is 4. The van der Waals surface area contributed by atoms with Gasteiger partial charge in [0.25, 0.3) is 0 Å². The lowest BCUT2D eigenvalue weighted by Gasteiger charge is -2.18. The van der Waals surface area contributed by atoms with Crippen molar-refractivity contribution in [2.75, 3.05) is 0 Å². The van der Waals surface area contributed by atoms with Gasteiger partial charge in [-0.1, -0.05) is 6.92 Å². The molecule has 0 N–H and O–H groups in total. The fourth-order valence-corrected chi connectivity index (χ4v) is 5.22. The van der Waals surface area contributed by atoms with Gasteiger partial charge in [-0.15, -0.1) is 11.3 Å². The molecule has 5 heteroatoms. The first kappa shape index (κ1) is 15.0. The number of fused-ring (bicyclic) bond motifs is 4. The lowest BCUT2D eigenvalue weighted by atomic mass is 9.89. The molecule has 0 amide bonds. The standard InChI is InChI=1S/C20H20N4S/c1-11-4-5-14-17(6-11)25-20-18(14)19(21-9-22-20)24-10-23-15-7-12(2)13(3)8-16(15)24/h7-11H,4-6H2,1-3H3/t11-/m0/s1. The largest absolute Gasteiger partial charge is 0.282 e. The van der Waals surface area contributed by atoms with Crippen LogP contribution in [0.2, 0.25) is 0 Å². The van der Waals surface area contributed by atoms with Gasteiger partial charge >= 0.3 is 0 Å². The highest BCUT2D eigenvalue weighted by atomic mass is 32.1. The number of rotatable bonds is 1. The minimum Gasteiger partial charge on any atom is -0.282 e. The summed E-state index contributed by atoms with van der Waals surface area (Å²) < 4.78 is 2.14. The normalized spacial score (nSPS) is 17.3. The Kier molecular flexibility index (Phi) is 3.22. The van der Waals surface area contributed by atoms with Crippen LogP contribution in [-0.2, 0) is 12.8 Å². The number of aromatic nitrogens is 4. The lowest BCUT2D eigenvalue weighted by molar-refractivity contribution is 0.509. The molecule has 4 nitrogen and oxygen atoms in total. The predicted octanol–water partition coefficient (Wildman–Crippen LogP) is 4.77. The quantitative estimate of drug-likeness (QED) is 0.497. The monoisotopic (exact) mass is 348 g/mol. The zero-order valence-electron chi connectivity index (χ0n) is 14.7. The van der Waals surface area contributed by atoms with E-state index in [0.29, 0.717) is 0 Å². The lowest BCUT2D eigenvalue weighted by Crippen LogP contribution is -2.09. The summed E-state index contributed by atoms with van der Waals surface area (Å²) in [6.07, 6.45) is 7.13. The molecule has 0 unspecified atom stereocenters. The van der Waals surface area contributed by atoms with Crippen LogP contribution in [0.3, 0.4) is 0 Å². The Hall–Kier alpha value is -2.27. The molecule has 3 aromatic heterocycles. The molecule has 3 heterocycles. The Labute approximate surface area is 150 Å². The van der Waals surface area contributed by atoms with Crippen LogP contribution in [0.25, 0.3) is 27.1 Å². The minimum atomic E-state index is 0.761. The minimum absolute atomic E-state index is 0.761. The van der Waals surface area contributed by atoms with Gasteiger partial charge in [0.15, 0.2) is 5.82 Å². The van der Waals surface area contributed by atoms with Crippen molar-refractivity contribution in [3.8, 4) is 5.82 Å². The van der Waals surface area contributed by atoms with E-state index < -0.39 is 0 Å². The summed E-state index contributed by atoms with van der Waals surface area (Å²) in [5.74, 6) is 1.74. The first-order valence-corrected chi connectivity index (χ1v) is 9.63. The van der Waals surface area contributed by atoms with Crippen molar-refractivity contribution in [2.45, 2.75) is 40.0 Å². The Morgan fingerprint density at radius 2 is 1.96 bits per heavy atom. The summed E-state index contributed by atoms with van der Waals surface area (Å²) in [5, 5.41) is 1.23. The Bertz CT molecular complexity index is 1120. The zero-order valence-corrected chi connectivity index (χ0v) is 15.5. The van der Waals surface area contributed by atoms with E-state index in [1.807, 2.05) is 17.7 Å². The van der Waals surface area contributed by atoms with Crippen LogP contribution in [0.5, 0.6) is 0 Å². The van der Waals surface area contributed by atoms with Gasteiger partial charge in [0.1, 0.15) is 17.5 Å². The van der Waals surface area contributed by atoms with Gasteiger partial charge < -0.3 is 0 Å². The second kappa shape index (κ2) is 5.36. The van der Waals surface area contributed by atoms with E-state index in [9.17, 15) is 0 Å². The van der Waals surface area contributed by atoms with E-state index in [-0.39, 0.29) is 0 Å². The van der Waals surface area contributed by atoms with Crippen molar-refractivity contribution < 1.29 is 0 Å². The van der Waals surface area contributed by atoms with Crippen molar-refractivity contribution >= 4 is 32.6 Å². The van der Waals surface area contributed by atoms with E-state index in [0.717, 1.165) is 34.0 Å². The fraction of sp³-hybridized carbons (Fsp3) is 0.350. The smallest absolute Gasteiger partial charge is 0.150 e. The molecule has 0 radical (unpaired) electrons. The molecule has 1 aliphatic carbocycles. The van der Waals surface area contributed by atoms with Gasteiger partial charge in [-0.05, 0) is 67.9 Å². The average Bonchev–Trinajstić information content (AvgIpc) is 3.15. The third kappa shape index (κ3) is 2.22. The van der Waals surface area contributed by atoms with Gasteiger partial charge in [0, 0.05) is 4.88 Å². The molecular weight excluding hydrogens is 328 g/mol. The van der Waals surface area contributed by atoms with Crippen LogP contribution < -0.4 is 0 Å². The van der Waals surface area contributed by atoms with Crippen molar-refractivity contribution in [3.05, 3.63) is 46.4 Å². The SMILES string of the molecule is Cc1cc2ncn(-c3ncnc4sc5c(c34)CC[C@H](C)C5)c2cc1C. The first-order valence-electron chi connectivity index (χ1n) is 8.81. The highest BCUT2D eigenvalue weighted by Crippen LogP contribution is 2.39. The van der Waals surface area contributed by atoms with Crippen LogP contribution in [0.4, 0.5) is 0 Å². The van der Waals surface area contributed by atoms with E-state index in [1.165, 1.54) is 39.8 Å².